The van der Waals surface area contributed by atoms with E-state index in [-0.39, 0.29) is 10.8 Å². The molecule has 1 unspecified atom stereocenters. The van der Waals surface area contributed by atoms with Crippen LogP contribution in [0, 0.1) is 11.7 Å². The topological polar surface area (TPSA) is 0 Å². The number of halogens is 2. The van der Waals surface area contributed by atoms with Crippen LogP contribution in [0.5, 0.6) is 0 Å². The highest BCUT2D eigenvalue weighted by molar-refractivity contribution is 6.33. The lowest BCUT2D eigenvalue weighted by Gasteiger charge is -2.22. The zero-order valence-corrected chi connectivity index (χ0v) is 19.9. The molecule has 0 radical (unpaired) electrons. The lowest BCUT2D eigenvalue weighted by molar-refractivity contribution is 0.454. The van der Waals surface area contributed by atoms with E-state index in [0.717, 1.165) is 48.3 Å². The van der Waals surface area contributed by atoms with Gasteiger partial charge in [-0.1, -0.05) is 92.4 Å². The van der Waals surface area contributed by atoms with Crippen LogP contribution >= 0.6 is 11.6 Å². The molecule has 0 aliphatic heterocycles. The summed E-state index contributed by atoms with van der Waals surface area (Å²) >= 11 is 6.44. The second kappa shape index (κ2) is 12.2. The Morgan fingerprint density at radius 2 is 1.81 bits per heavy atom. The predicted octanol–water partition coefficient (Wildman–Crippen LogP) is 9.81. The molecular weight excluding hydrogens is 403 g/mol. The van der Waals surface area contributed by atoms with E-state index in [1.807, 2.05) is 12.1 Å². The number of benzene rings is 2. The fraction of sp³-hybridized carbons (Fsp3) is 0.448. The molecule has 0 amide bonds. The first-order valence-corrected chi connectivity index (χ1v) is 12.4. The smallest absolute Gasteiger partial charge is 0.145 e. The highest BCUT2D eigenvalue weighted by Gasteiger charge is 2.16. The van der Waals surface area contributed by atoms with Crippen LogP contribution in [0.3, 0.4) is 0 Å². The van der Waals surface area contributed by atoms with Crippen LogP contribution in [0.2, 0.25) is 5.02 Å². The summed E-state index contributed by atoms with van der Waals surface area (Å²) in [7, 11) is 0. The lowest BCUT2D eigenvalue weighted by atomic mass is 9.84. The van der Waals surface area contributed by atoms with E-state index in [4.69, 9.17) is 11.6 Å². The van der Waals surface area contributed by atoms with Gasteiger partial charge in [-0.05, 0) is 80.1 Å². The lowest BCUT2D eigenvalue weighted by Crippen LogP contribution is -2.05. The molecule has 2 heteroatoms. The summed E-state index contributed by atoms with van der Waals surface area (Å²) in [6.45, 7) is 4.28. The molecule has 3 rings (SSSR count). The average Bonchev–Trinajstić information content (AvgIpc) is 2.80. The fourth-order valence-electron chi connectivity index (χ4n) is 4.52. The maximum absolute atomic E-state index is 14.8. The van der Waals surface area contributed by atoms with Gasteiger partial charge >= 0.3 is 0 Å². The van der Waals surface area contributed by atoms with Crippen molar-refractivity contribution < 1.29 is 4.39 Å². The monoisotopic (exact) mass is 438 g/mol. The third kappa shape index (κ3) is 6.56. The fourth-order valence-corrected chi connectivity index (χ4v) is 4.82. The number of rotatable bonds is 10. The van der Waals surface area contributed by atoms with Crippen molar-refractivity contribution in [3.63, 3.8) is 0 Å². The first kappa shape index (κ1) is 23.8. The molecule has 2 aromatic carbocycles. The number of hydrogen-bond acceptors (Lipinski definition) is 0. The van der Waals surface area contributed by atoms with E-state index in [2.05, 4.69) is 56.3 Å². The summed E-state index contributed by atoms with van der Waals surface area (Å²) in [4.78, 5) is 0. The summed E-state index contributed by atoms with van der Waals surface area (Å²) in [5.74, 6) is 0.556. The molecule has 0 saturated carbocycles. The van der Waals surface area contributed by atoms with Gasteiger partial charge in [-0.2, -0.15) is 0 Å². The molecule has 0 saturated heterocycles. The number of allylic oxidation sites excluding steroid dienone is 4. The molecule has 0 bridgehead atoms. The Balaban J connectivity index is 1.65. The van der Waals surface area contributed by atoms with Crippen LogP contribution in [0.25, 0.3) is 16.7 Å². The summed E-state index contributed by atoms with van der Waals surface area (Å²) in [6, 6.07) is 12.4. The van der Waals surface area contributed by atoms with Gasteiger partial charge in [0.15, 0.2) is 0 Å². The summed E-state index contributed by atoms with van der Waals surface area (Å²) < 4.78 is 14.8. The third-order valence-electron chi connectivity index (χ3n) is 6.53. The predicted molar refractivity (Wildman–Crippen MR) is 134 cm³/mol. The van der Waals surface area contributed by atoms with Gasteiger partial charge in [0.05, 0.1) is 5.02 Å². The average molecular weight is 439 g/mol. The van der Waals surface area contributed by atoms with Crippen molar-refractivity contribution in [2.24, 2.45) is 5.92 Å². The van der Waals surface area contributed by atoms with Gasteiger partial charge in [0.2, 0.25) is 0 Å². The SMILES string of the molecule is CC=CCCC1CC=C(c2ccc(-c3ccc(CCCCCC)c(F)c3Cl)cc2)CC1. The first-order chi connectivity index (χ1) is 15.1. The van der Waals surface area contributed by atoms with Gasteiger partial charge in [0.1, 0.15) is 5.82 Å². The quantitative estimate of drug-likeness (QED) is 0.255. The van der Waals surface area contributed by atoms with Gasteiger partial charge < -0.3 is 0 Å². The Hall–Kier alpha value is -1.86. The van der Waals surface area contributed by atoms with E-state index >= 15 is 0 Å². The molecule has 0 aromatic heterocycles. The minimum atomic E-state index is -0.251. The largest absolute Gasteiger partial charge is 0.205 e. The van der Waals surface area contributed by atoms with Crippen molar-refractivity contribution in [2.75, 3.05) is 0 Å². The van der Waals surface area contributed by atoms with Crippen molar-refractivity contribution in [3.05, 3.63) is 76.6 Å². The molecule has 0 fully saturated rings. The van der Waals surface area contributed by atoms with Gasteiger partial charge in [0.25, 0.3) is 0 Å². The highest BCUT2D eigenvalue weighted by atomic mass is 35.5. The van der Waals surface area contributed by atoms with Crippen LogP contribution in [-0.2, 0) is 6.42 Å². The van der Waals surface area contributed by atoms with E-state index in [1.165, 1.54) is 49.7 Å². The molecule has 1 aliphatic carbocycles. The van der Waals surface area contributed by atoms with Crippen LogP contribution in [-0.4, -0.2) is 0 Å². The molecule has 1 atom stereocenters. The maximum atomic E-state index is 14.8. The summed E-state index contributed by atoms with van der Waals surface area (Å²) in [5, 5.41) is 0.251. The highest BCUT2D eigenvalue weighted by Crippen LogP contribution is 2.36. The van der Waals surface area contributed by atoms with E-state index < -0.39 is 0 Å². The number of aryl methyl sites for hydroxylation is 1. The Labute approximate surface area is 193 Å². The third-order valence-corrected chi connectivity index (χ3v) is 6.89. The van der Waals surface area contributed by atoms with Crippen molar-refractivity contribution in [2.45, 2.75) is 78.1 Å². The Morgan fingerprint density at radius 1 is 1.03 bits per heavy atom. The van der Waals surface area contributed by atoms with Crippen molar-refractivity contribution in [1.82, 2.24) is 0 Å². The zero-order valence-electron chi connectivity index (χ0n) is 19.1. The second-order valence-corrected chi connectivity index (χ2v) is 9.18. The molecule has 166 valence electrons. The molecule has 0 heterocycles. The zero-order chi connectivity index (χ0) is 22.1. The minimum absolute atomic E-state index is 0.251. The molecule has 1 aliphatic rings. The van der Waals surface area contributed by atoms with Crippen LogP contribution in [0.15, 0.2) is 54.6 Å². The van der Waals surface area contributed by atoms with Gasteiger partial charge in [-0.15, -0.1) is 0 Å². The van der Waals surface area contributed by atoms with Crippen LogP contribution < -0.4 is 0 Å². The molecule has 0 nitrogen and oxygen atoms in total. The minimum Gasteiger partial charge on any atom is -0.205 e. The molecule has 2 aromatic rings. The van der Waals surface area contributed by atoms with Crippen LogP contribution in [0.1, 0.15) is 82.8 Å². The number of unbranched alkanes of at least 4 members (excludes halogenated alkanes) is 3. The molecule has 0 spiro atoms. The van der Waals surface area contributed by atoms with Crippen molar-refractivity contribution >= 4 is 17.2 Å². The maximum Gasteiger partial charge on any atom is 0.145 e. The van der Waals surface area contributed by atoms with E-state index in [9.17, 15) is 4.39 Å². The first-order valence-electron chi connectivity index (χ1n) is 12.0. The molecule has 0 N–H and O–H groups in total. The van der Waals surface area contributed by atoms with Crippen LogP contribution in [0.4, 0.5) is 4.39 Å². The molecule has 31 heavy (non-hydrogen) atoms. The van der Waals surface area contributed by atoms with Crippen molar-refractivity contribution in [1.29, 1.82) is 0 Å². The van der Waals surface area contributed by atoms with Gasteiger partial charge in [-0.25, -0.2) is 4.39 Å². The van der Waals surface area contributed by atoms with Gasteiger partial charge in [-0.3, -0.25) is 0 Å². The number of hydrogen-bond donors (Lipinski definition) is 0. The van der Waals surface area contributed by atoms with E-state index in [0.29, 0.717) is 0 Å². The second-order valence-electron chi connectivity index (χ2n) is 8.80. The standard InChI is InChI=1S/C29H36ClF/c1-3-5-7-9-11-26-20-21-27(28(30)29(26)31)25-18-16-24(17-19-25)23-14-12-22(13-15-23)10-8-6-4-2/h4,6,14,16-22H,3,5,7-13,15H2,1-2H3. The van der Waals surface area contributed by atoms with Crippen molar-refractivity contribution in [3.8, 4) is 11.1 Å². The molecular formula is C29H36ClF. The summed E-state index contributed by atoms with van der Waals surface area (Å²) in [5.41, 5.74) is 5.21. The Morgan fingerprint density at radius 3 is 2.48 bits per heavy atom. The van der Waals surface area contributed by atoms with Gasteiger partial charge in [0, 0.05) is 5.56 Å². The normalized spacial score (nSPS) is 16.6. The summed E-state index contributed by atoms with van der Waals surface area (Å²) in [6.07, 6.45) is 18.2. The van der Waals surface area contributed by atoms with E-state index in [1.54, 1.807) is 0 Å². The Bertz CT molecular complexity index is 892. The Kier molecular flexibility index (Phi) is 9.40.